The van der Waals surface area contributed by atoms with Crippen molar-refractivity contribution in [1.82, 2.24) is 20.9 Å². The maximum atomic E-state index is 12.0. The molecule has 2 rings (SSSR count). The van der Waals surface area contributed by atoms with Gasteiger partial charge in [-0.25, -0.2) is 0 Å². The predicted molar refractivity (Wildman–Crippen MR) is 118 cm³/mol. The number of benzene rings is 1. The van der Waals surface area contributed by atoms with Crippen LogP contribution in [0, 0.1) is 5.41 Å². The molecule has 1 aromatic rings. The zero-order chi connectivity index (χ0) is 21.3. The first-order valence-electron chi connectivity index (χ1n) is 10.5. The van der Waals surface area contributed by atoms with E-state index in [0.29, 0.717) is 6.54 Å². The monoisotopic (exact) mass is 403 g/mol. The van der Waals surface area contributed by atoms with E-state index in [1.54, 1.807) is 14.2 Å². The minimum absolute atomic E-state index is 0.00901. The summed E-state index contributed by atoms with van der Waals surface area (Å²) in [6.07, 6.45) is 2.47. The summed E-state index contributed by atoms with van der Waals surface area (Å²) < 4.78 is 5.31. The molecule has 162 valence electrons. The molecule has 7 nitrogen and oxygen atoms in total. The lowest BCUT2D eigenvalue weighted by molar-refractivity contribution is -0.128. The summed E-state index contributed by atoms with van der Waals surface area (Å²) in [5.41, 5.74) is 0.711. The van der Waals surface area contributed by atoms with Gasteiger partial charge in [0, 0.05) is 20.1 Å². The molecule has 0 spiro atoms. The third-order valence-electron chi connectivity index (χ3n) is 5.36. The van der Waals surface area contributed by atoms with E-state index in [-0.39, 0.29) is 11.9 Å². The Hall–Kier alpha value is -2.28. The van der Waals surface area contributed by atoms with Crippen LogP contribution >= 0.6 is 0 Å². The molecule has 0 aliphatic carbocycles. The smallest absolute Gasteiger partial charge is 0.227 e. The van der Waals surface area contributed by atoms with E-state index in [1.165, 1.54) is 18.4 Å². The van der Waals surface area contributed by atoms with Crippen LogP contribution < -0.4 is 20.7 Å². The number of aliphatic imine (C=N–C) groups is 1. The number of guanidine groups is 1. The summed E-state index contributed by atoms with van der Waals surface area (Å²) in [4.78, 5) is 19.2. The van der Waals surface area contributed by atoms with E-state index < -0.39 is 5.41 Å². The molecule has 3 N–H and O–H groups in total. The average Bonchev–Trinajstić information content (AvgIpc) is 3.26. The van der Waals surface area contributed by atoms with Crippen LogP contribution in [-0.4, -0.2) is 63.6 Å². The Morgan fingerprint density at radius 1 is 1.21 bits per heavy atom. The fraction of sp³-hybridized carbons (Fsp3) is 0.636. The van der Waals surface area contributed by atoms with Gasteiger partial charge in [-0.2, -0.15) is 0 Å². The molecule has 1 aliphatic rings. The Morgan fingerprint density at radius 3 is 2.41 bits per heavy atom. The van der Waals surface area contributed by atoms with Crippen LogP contribution in [0.2, 0.25) is 0 Å². The van der Waals surface area contributed by atoms with Gasteiger partial charge in [0.25, 0.3) is 0 Å². The molecule has 1 aromatic carbocycles. The van der Waals surface area contributed by atoms with Gasteiger partial charge in [0.05, 0.1) is 25.1 Å². The molecule has 29 heavy (non-hydrogen) atoms. The second-order valence-corrected chi connectivity index (χ2v) is 8.07. The third kappa shape index (κ3) is 6.63. The van der Waals surface area contributed by atoms with Gasteiger partial charge in [-0.15, -0.1) is 0 Å². The molecular formula is C22H37N5O2. The van der Waals surface area contributed by atoms with Crippen molar-refractivity contribution in [1.29, 1.82) is 0 Å². The standard InChI is InChI=1S/C22H37N5O2/c1-6-24-21(26-16-22(2,3)20(28)23-4)25-15-19(27-13-7-8-14-27)17-9-11-18(29-5)12-10-17/h9-12,19H,6-8,13-16H2,1-5H3,(H,23,28)(H2,24,25,26). The largest absolute Gasteiger partial charge is 0.497 e. The van der Waals surface area contributed by atoms with E-state index >= 15 is 0 Å². The molecule has 7 heteroatoms. The number of hydrogen-bond acceptors (Lipinski definition) is 4. The lowest BCUT2D eigenvalue weighted by atomic mass is 9.93. The van der Waals surface area contributed by atoms with Crippen molar-refractivity contribution in [3.05, 3.63) is 29.8 Å². The number of nitrogens with one attached hydrogen (secondary N) is 3. The van der Waals surface area contributed by atoms with Gasteiger partial charge in [0.1, 0.15) is 5.75 Å². The van der Waals surface area contributed by atoms with Crippen LogP contribution in [0.25, 0.3) is 0 Å². The van der Waals surface area contributed by atoms with Crippen molar-refractivity contribution < 1.29 is 9.53 Å². The van der Waals surface area contributed by atoms with Crippen molar-refractivity contribution >= 4 is 11.9 Å². The highest BCUT2D eigenvalue weighted by atomic mass is 16.5. The number of rotatable bonds is 9. The van der Waals surface area contributed by atoms with Crippen LogP contribution in [0.3, 0.4) is 0 Å². The maximum absolute atomic E-state index is 12.0. The van der Waals surface area contributed by atoms with Gasteiger partial charge in [-0.05, 0) is 64.4 Å². The number of hydrogen-bond donors (Lipinski definition) is 3. The van der Waals surface area contributed by atoms with E-state index in [2.05, 4.69) is 38.0 Å². The minimum Gasteiger partial charge on any atom is -0.497 e. The number of ether oxygens (including phenoxy) is 1. The molecule has 1 unspecified atom stereocenters. The zero-order valence-electron chi connectivity index (χ0n) is 18.5. The Bertz CT molecular complexity index is 666. The second kappa shape index (κ2) is 11.0. The van der Waals surface area contributed by atoms with Crippen LogP contribution in [0.15, 0.2) is 29.3 Å². The second-order valence-electron chi connectivity index (χ2n) is 8.07. The van der Waals surface area contributed by atoms with Crippen molar-refractivity contribution in [2.75, 3.05) is 46.9 Å². The molecule has 1 amide bonds. The summed E-state index contributed by atoms with van der Waals surface area (Å²) in [5, 5.41) is 9.50. The molecule has 1 aliphatic heterocycles. The third-order valence-corrected chi connectivity index (χ3v) is 5.36. The zero-order valence-corrected chi connectivity index (χ0v) is 18.5. The molecule has 0 saturated carbocycles. The average molecular weight is 404 g/mol. The Labute approximate surface area is 175 Å². The Balaban J connectivity index is 2.11. The van der Waals surface area contributed by atoms with Gasteiger partial charge in [-0.3, -0.25) is 14.7 Å². The molecule has 1 fully saturated rings. The lowest BCUT2D eigenvalue weighted by Crippen LogP contribution is -2.44. The number of amides is 1. The molecule has 0 bridgehead atoms. The quantitative estimate of drug-likeness (QED) is 0.435. The fourth-order valence-corrected chi connectivity index (χ4v) is 3.56. The van der Waals surface area contributed by atoms with Gasteiger partial charge >= 0.3 is 0 Å². The molecule has 1 atom stereocenters. The van der Waals surface area contributed by atoms with Crippen LogP contribution in [0.1, 0.15) is 45.2 Å². The van der Waals surface area contributed by atoms with Gasteiger partial charge in [0.2, 0.25) is 5.91 Å². The van der Waals surface area contributed by atoms with E-state index in [0.717, 1.165) is 37.9 Å². The summed E-state index contributed by atoms with van der Waals surface area (Å²) in [6, 6.07) is 8.58. The summed E-state index contributed by atoms with van der Waals surface area (Å²) in [7, 11) is 3.35. The van der Waals surface area contributed by atoms with Gasteiger partial charge in [-0.1, -0.05) is 12.1 Å². The predicted octanol–water partition coefficient (Wildman–Crippen LogP) is 2.16. The number of methoxy groups -OCH3 is 1. The number of likely N-dealkylation sites (tertiary alicyclic amines) is 1. The van der Waals surface area contributed by atoms with Crippen LogP contribution in [-0.2, 0) is 4.79 Å². The van der Waals surface area contributed by atoms with E-state index in [1.807, 2.05) is 32.9 Å². The number of carbonyl (C=O) groups excluding carboxylic acids is 1. The number of carbonyl (C=O) groups is 1. The first-order chi connectivity index (χ1) is 13.9. The van der Waals surface area contributed by atoms with E-state index in [4.69, 9.17) is 4.74 Å². The molecule has 1 saturated heterocycles. The highest BCUT2D eigenvalue weighted by Crippen LogP contribution is 2.26. The topological polar surface area (TPSA) is 78.0 Å². The fourth-order valence-electron chi connectivity index (χ4n) is 3.56. The molecule has 1 heterocycles. The Kier molecular flexibility index (Phi) is 8.76. The molecular weight excluding hydrogens is 366 g/mol. The lowest BCUT2D eigenvalue weighted by Gasteiger charge is -2.29. The van der Waals surface area contributed by atoms with Gasteiger partial charge < -0.3 is 20.7 Å². The highest BCUT2D eigenvalue weighted by Gasteiger charge is 2.27. The highest BCUT2D eigenvalue weighted by molar-refractivity contribution is 5.83. The summed E-state index contributed by atoms with van der Waals surface area (Å²) in [6.45, 7) is 10.0. The van der Waals surface area contributed by atoms with Crippen molar-refractivity contribution in [3.63, 3.8) is 0 Å². The van der Waals surface area contributed by atoms with Crippen molar-refractivity contribution in [2.24, 2.45) is 10.4 Å². The molecule has 0 radical (unpaired) electrons. The Morgan fingerprint density at radius 2 is 1.86 bits per heavy atom. The van der Waals surface area contributed by atoms with E-state index in [9.17, 15) is 4.79 Å². The normalized spacial score (nSPS) is 16.4. The maximum Gasteiger partial charge on any atom is 0.227 e. The molecule has 0 aromatic heterocycles. The first kappa shape index (κ1) is 23.0. The SMILES string of the molecule is CCNC(=NCC(C)(C)C(=O)NC)NCC(c1ccc(OC)cc1)N1CCCC1. The number of nitrogens with zero attached hydrogens (tertiary/aromatic N) is 2. The summed E-state index contributed by atoms with van der Waals surface area (Å²) >= 11 is 0. The summed E-state index contributed by atoms with van der Waals surface area (Å²) in [5.74, 6) is 1.60. The van der Waals surface area contributed by atoms with Crippen molar-refractivity contribution in [2.45, 2.75) is 39.7 Å². The van der Waals surface area contributed by atoms with Crippen LogP contribution in [0.5, 0.6) is 5.75 Å². The first-order valence-corrected chi connectivity index (χ1v) is 10.5. The minimum atomic E-state index is -0.554. The van der Waals surface area contributed by atoms with Crippen molar-refractivity contribution in [3.8, 4) is 5.75 Å². The van der Waals surface area contributed by atoms with Gasteiger partial charge in [0.15, 0.2) is 5.96 Å². The van der Waals surface area contributed by atoms with Crippen LogP contribution in [0.4, 0.5) is 0 Å².